The molecule has 21 heavy (non-hydrogen) atoms. The third kappa shape index (κ3) is 7.35. The molecule has 120 valence electrons. The number of aliphatic hydroxyl groups excluding tert-OH is 1. The van der Waals surface area contributed by atoms with E-state index in [0.717, 1.165) is 12.1 Å². The first-order chi connectivity index (χ1) is 10.0. The fraction of sp³-hybridized carbons (Fsp3) is 0.667. The van der Waals surface area contributed by atoms with Gasteiger partial charge in [-0.05, 0) is 37.6 Å². The van der Waals surface area contributed by atoms with Crippen LogP contribution in [0.1, 0.15) is 65.0 Å². The maximum absolute atomic E-state index is 10.4. The van der Waals surface area contributed by atoms with Gasteiger partial charge in [-0.25, -0.2) is 0 Å². The maximum atomic E-state index is 10.4. The SMILES string of the molecule is CCCCCCNC(C)C(O)c1ccc(SC(C)C)cc1. The van der Waals surface area contributed by atoms with E-state index in [1.165, 1.54) is 30.6 Å². The van der Waals surface area contributed by atoms with Gasteiger partial charge in [-0.15, -0.1) is 11.8 Å². The monoisotopic (exact) mass is 309 g/mol. The number of unbranched alkanes of at least 4 members (excludes halogenated alkanes) is 3. The molecule has 0 amide bonds. The van der Waals surface area contributed by atoms with Crippen LogP contribution < -0.4 is 5.32 Å². The lowest BCUT2D eigenvalue weighted by molar-refractivity contribution is 0.136. The summed E-state index contributed by atoms with van der Waals surface area (Å²) in [6.45, 7) is 9.65. The van der Waals surface area contributed by atoms with Crippen LogP contribution >= 0.6 is 11.8 Å². The summed E-state index contributed by atoms with van der Waals surface area (Å²) in [4.78, 5) is 1.26. The Kier molecular flexibility index (Phi) is 9.05. The first-order valence-electron chi connectivity index (χ1n) is 8.22. The molecule has 0 spiro atoms. The molecule has 2 unspecified atom stereocenters. The highest BCUT2D eigenvalue weighted by atomic mass is 32.2. The van der Waals surface area contributed by atoms with E-state index in [0.29, 0.717) is 5.25 Å². The van der Waals surface area contributed by atoms with Crippen molar-refractivity contribution in [2.45, 2.75) is 75.7 Å². The van der Waals surface area contributed by atoms with E-state index in [1.54, 1.807) is 0 Å². The summed E-state index contributed by atoms with van der Waals surface area (Å²) < 4.78 is 0. The van der Waals surface area contributed by atoms with Crippen molar-refractivity contribution >= 4 is 11.8 Å². The fourth-order valence-electron chi connectivity index (χ4n) is 2.30. The Morgan fingerprint density at radius 2 is 1.71 bits per heavy atom. The number of hydrogen-bond acceptors (Lipinski definition) is 3. The number of thioether (sulfide) groups is 1. The molecule has 0 aliphatic rings. The molecule has 2 atom stereocenters. The zero-order valence-corrected chi connectivity index (χ0v) is 14.7. The van der Waals surface area contributed by atoms with E-state index in [4.69, 9.17) is 0 Å². The Bertz CT molecular complexity index is 377. The Morgan fingerprint density at radius 3 is 2.29 bits per heavy atom. The Labute approximate surface area is 134 Å². The number of rotatable bonds is 10. The minimum absolute atomic E-state index is 0.0928. The normalized spacial score (nSPS) is 14.4. The summed E-state index contributed by atoms with van der Waals surface area (Å²) in [6.07, 6.45) is 4.59. The van der Waals surface area contributed by atoms with Gasteiger partial charge in [-0.3, -0.25) is 0 Å². The molecule has 0 aromatic heterocycles. The predicted octanol–water partition coefficient (Wildman–Crippen LogP) is 4.78. The molecule has 0 saturated carbocycles. The second-order valence-electron chi connectivity index (χ2n) is 5.98. The molecule has 0 aliphatic heterocycles. The van der Waals surface area contributed by atoms with Gasteiger partial charge in [0.15, 0.2) is 0 Å². The van der Waals surface area contributed by atoms with E-state index in [1.807, 2.05) is 23.9 Å². The molecule has 1 rings (SSSR count). The Morgan fingerprint density at radius 1 is 1.05 bits per heavy atom. The lowest BCUT2D eigenvalue weighted by atomic mass is 10.0. The second kappa shape index (κ2) is 10.3. The Balaban J connectivity index is 2.40. The second-order valence-corrected chi connectivity index (χ2v) is 7.63. The van der Waals surface area contributed by atoms with E-state index >= 15 is 0 Å². The van der Waals surface area contributed by atoms with Crippen molar-refractivity contribution in [2.75, 3.05) is 6.54 Å². The van der Waals surface area contributed by atoms with Crippen molar-refractivity contribution in [1.82, 2.24) is 5.32 Å². The topological polar surface area (TPSA) is 32.3 Å². The standard InChI is InChI=1S/C18H31NOS/c1-5-6-7-8-13-19-15(4)18(20)16-9-11-17(12-10-16)21-14(2)3/h9-12,14-15,18-20H,5-8,13H2,1-4H3. The highest BCUT2D eigenvalue weighted by molar-refractivity contribution is 7.99. The summed E-state index contributed by atoms with van der Waals surface area (Å²) >= 11 is 1.85. The minimum Gasteiger partial charge on any atom is -0.387 e. The fourth-order valence-corrected chi connectivity index (χ4v) is 3.14. The highest BCUT2D eigenvalue weighted by Gasteiger charge is 2.15. The molecule has 0 fully saturated rings. The van der Waals surface area contributed by atoms with Gasteiger partial charge in [-0.2, -0.15) is 0 Å². The molecule has 0 radical (unpaired) electrons. The van der Waals surface area contributed by atoms with Crippen LogP contribution in [0.4, 0.5) is 0 Å². The van der Waals surface area contributed by atoms with E-state index in [2.05, 4.69) is 45.1 Å². The van der Waals surface area contributed by atoms with Gasteiger partial charge in [0, 0.05) is 16.2 Å². The van der Waals surface area contributed by atoms with Crippen LogP contribution in [0.25, 0.3) is 0 Å². The van der Waals surface area contributed by atoms with Gasteiger partial charge in [0.05, 0.1) is 6.10 Å². The molecule has 3 heteroatoms. The first-order valence-corrected chi connectivity index (χ1v) is 9.10. The molecule has 0 aliphatic carbocycles. The molecule has 0 saturated heterocycles. The van der Waals surface area contributed by atoms with Gasteiger partial charge in [0.1, 0.15) is 0 Å². The number of hydrogen-bond donors (Lipinski definition) is 2. The predicted molar refractivity (Wildman–Crippen MR) is 94.0 cm³/mol. The van der Waals surface area contributed by atoms with Crippen molar-refractivity contribution in [3.63, 3.8) is 0 Å². The maximum Gasteiger partial charge on any atom is 0.0940 e. The van der Waals surface area contributed by atoms with Crippen LogP contribution in [0, 0.1) is 0 Å². The molecule has 0 bridgehead atoms. The average Bonchev–Trinajstić information content (AvgIpc) is 2.46. The van der Waals surface area contributed by atoms with Crippen molar-refractivity contribution in [3.8, 4) is 0 Å². The smallest absolute Gasteiger partial charge is 0.0940 e. The minimum atomic E-state index is -0.436. The highest BCUT2D eigenvalue weighted by Crippen LogP contribution is 2.25. The van der Waals surface area contributed by atoms with Gasteiger partial charge in [0.25, 0.3) is 0 Å². The lowest BCUT2D eigenvalue weighted by Crippen LogP contribution is -2.32. The lowest BCUT2D eigenvalue weighted by Gasteiger charge is -2.21. The Hall–Kier alpha value is -0.510. The number of benzene rings is 1. The van der Waals surface area contributed by atoms with Crippen LogP contribution in [0.15, 0.2) is 29.2 Å². The molecule has 2 N–H and O–H groups in total. The van der Waals surface area contributed by atoms with Gasteiger partial charge in [-0.1, -0.05) is 52.2 Å². The molecule has 0 heterocycles. The van der Waals surface area contributed by atoms with Crippen LogP contribution in [0.2, 0.25) is 0 Å². The summed E-state index contributed by atoms with van der Waals surface area (Å²) in [5.41, 5.74) is 0.997. The molecule has 2 nitrogen and oxygen atoms in total. The summed E-state index contributed by atoms with van der Waals surface area (Å²) in [5, 5.41) is 14.4. The van der Waals surface area contributed by atoms with Crippen molar-refractivity contribution in [1.29, 1.82) is 0 Å². The third-order valence-corrected chi connectivity index (χ3v) is 4.58. The van der Waals surface area contributed by atoms with Crippen molar-refractivity contribution < 1.29 is 5.11 Å². The van der Waals surface area contributed by atoms with Crippen molar-refractivity contribution in [2.24, 2.45) is 0 Å². The van der Waals surface area contributed by atoms with Crippen LogP contribution in [-0.4, -0.2) is 22.9 Å². The van der Waals surface area contributed by atoms with Gasteiger partial charge < -0.3 is 10.4 Å². The molecular weight excluding hydrogens is 278 g/mol. The molecule has 1 aromatic carbocycles. The van der Waals surface area contributed by atoms with Gasteiger partial charge >= 0.3 is 0 Å². The van der Waals surface area contributed by atoms with Gasteiger partial charge in [0.2, 0.25) is 0 Å². The van der Waals surface area contributed by atoms with Crippen LogP contribution in [-0.2, 0) is 0 Å². The first kappa shape index (κ1) is 18.5. The quantitative estimate of drug-likeness (QED) is 0.482. The number of nitrogens with one attached hydrogen (secondary N) is 1. The molecular formula is C18H31NOS. The van der Waals surface area contributed by atoms with Crippen LogP contribution in [0.5, 0.6) is 0 Å². The average molecular weight is 310 g/mol. The van der Waals surface area contributed by atoms with Crippen LogP contribution in [0.3, 0.4) is 0 Å². The van der Waals surface area contributed by atoms with E-state index < -0.39 is 6.10 Å². The van der Waals surface area contributed by atoms with E-state index in [9.17, 15) is 5.11 Å². The molecule has 1 aromatic rings. The zero-order chi connectivity index (χ0) is 15.7. The summed E-state index contributed by atoms with van der Waals surface area (Å²) in [7, 11) is 0. The van der Waals surface area contributed by atoms with E-state index in [-0.39, 0.29) is 6.04 Å². The third-order valence-electron chi connectivity index (χ3n) is 3.56. The largest absolute Gasteiger partial charge is 0.387 e. The van der Waals surface area contributed by atoms with Crippen molar-refractivity contribution in [3.05, 3.63) is 29.8 Å². The summed E-state index contributed by atoms with van der Waals surface area (Å²) in [5.74, 6) is 0. The zero-order valence-electron chi connectivity index (χ0n) is 13.9. The summed E-state index contributed by atoms with van der Waals surface area (Å²) in [6, 6.07) is 8.40. The number of aliphatic hydroxyl groups is 1.